The van der Waals surface area contributed by atoms with Crippen LogP contribution in [0, 0.1) is 6.92 Å². The summed E-state index contributed by atoms with van der Waals surface area (Å²) in [5.41, 5.74) is 0.584. The quantitative estimate of drug-likeness (QED) is 0.837. The number of sulfone groups is 1. The van der Waals surface area contributed by atoms with E-state index in [1.807, 2.05) is 0 Å². The molecule has 0 saturated heterocycles. The molecule has 1 aromatic carbocycles. The lowest BCUT2D eigenvalue weighted by molar-refractivity contribution is 0.0778. The van der Waals surface area contributed by atoms with Gasteiger partial charge in [0.25, 0.3) is 0 Å². The first kappa shape index (κ1) is 12.2. The summed E-state index contributed by atoms with van der Waals surface area (Å²) < 4.78 is 22.6. The largest absolute Gasteiger partial charge is 0.386 e. The average Bonchev–Trinajstić information content (AvgIpc) is 1.99. The summed E-state index contributed by atoms with van der Waals surface area (Å²) in [6.45, 7) is 5.15. The van der Waals surface area contributed by atoms with Crippen LogP contribution in [0.5, 0.6) is 0 Å². The van der Waals surface area contributed by atoms with Gasteiger partial charge in [-0.3, -0.25) is 0 Å². The number of rotatable bonds is 2. The molecule has 0 aliphatic carbocycles. The minimum absolute atomic E-state index is 0.285. The van der Waals surface area contributed by atoms with E-state index < -0.39 is 15.4 Å². The van der Waals surface area contributed by atoms with Crippen LogP contribution in [0.1, 0.15) is 25.0 Å². The summed E-state index contributed by atoms with van der Waals surface area (Å²) in [7, 11) is -3.17. The van der Waals surface area contributed by atoms with Gasteiger partial charge in [0.1, 0.15) is 0 Å². The van der Waals surface area contributed by atoms with Crippen LogP contribution in [0.25, 0.3) is 0 Å². The van der Waals surface area contributed by atoms with E-state index >= 15 is 0 Å². The molecule has 0 unspecified atom stereocenters. The second-order valence-corrected chi connectivity index (χ2v) is 6.32. The molecular formula is C11H16O3S. The SMILES string of the molecule is Cc1cc(S(C)(=O)=O)ccc1C(C)(C)O. The van der Waals surface area contributed by atoms with E-state index in [2.05, 4.69) is 0 Å². The topological polar surface area (TPSA) is 54.4 Å². The van der Waals surface area contributed by atoms with Gasteiger partial charge in [0.05, 0.1) is 10.5 Å². The smallest absolute Gasteiger partial charge is 0.175 e. The standard InChI is InChI=1S/C11H16O3S/c1-8-7-9(15(4,13)14)5-6-10(8)11(2,3)12/h5-7,12H,1-4H3. The highest BCUT2D eigenvalue weighted by atomic mass is 32.2. The molecule has 0 aliphatic rings. The normalized spacial score (nSPS) is 12.9. The Kier molecular flexibility index (Phi) is 2.94. The molecule has 0 spiro atoms. The Bertz CT molecular complexity index is 467. The van der Waals surface area contributed by atoms with Crippen LogP contribution in [-0.2, 0) is 15.4 Å². The second-order valence-electron chi connectivity index (χ2n) is 4.31. The molecule has 15 heavy (non-hydrogen) atoms. The van der Waals surface area contributed by atoms with Gasteiger partial charge in [-0.2, -0.15) is 0 Å². The Morgan fingerprint density at radius 3 is 2.13 bits per heavy atom. The van der Waals surface area contributed by atoms with Crippen molar-refractivity contribution in [1.82, 2.24) is 0 Å². The van der Waals surface area contributed by atoms with Gasteiger partial charge in [-0.05, 0) is 44.0 Å². The van der Waals surface area contributed by atoms with Crippen molar-refractivity contribution < 1.29 is 13.5 Å². The summed E-state index contributed by atoms with van der Waals surface area (Å²) in [4.78, 5) is 0.285. The van der Waals surface area contributed by atoms with Crippen LogP contribution in [0.15, 0.2) is 23.1 Å². The number of benzene rings is 1. The molecule has 0 aliphatic heterocycles. The highest BCUT2D eigenvalue weighted by Crippen LogP contribution is 2.25. The van der Waals surface area contributed by atoms with Crippen LogP contribution in [0.2, 0.25) is 0 Å². The molecule has 0 aromatic heterocycles. The van der Waals surface area contributed by atoms with Crippen molar-refractivity contribution in [3.8, 4) is 0 Å². The Balaban J connectivity index is 3.34. The molecule has 0 amide bonds. The molecule has 1 rings (SSSR count). The summed E-state index contributed by atoms with van der Waals surface area (Å²) in [5.74, 6) is 0. The first-order valence-electron chi connectivity index (χ1n) is 4.66. The average molecular weight is 228 g/mol. The van der Waals surface area contributed by atoms with Crippen molar-refractivity contribution >= 4 is 9.84 Å². The van der Waals surface area contributed by atoms with Crippen LogP contribution >= 0.6 is 0 Å². The number of hydrogen-bond acceptors (Lipinski definition) is 3. The van der Waals surface area contributed by atoms with E-state index in [4.69, 9.17) is 0 Å². The summed E-state index contributed by atoms with van der Waals surface area (Å²) in [5, 5.41) is 9.81. The first-order valence-corrected chi connectivity index (χ1v) is 6.55. The Hall–Kier alpha value is -0.870. The molecule has 1 aromatic rings. The molecule has 4 heteroatoms. The minimum Gasteiger partial charge on any atom is -0.386 e. The van der Waals surface area contributed by atoms with Gasteiger partial charge >= 0.3 is 0 Å². The molecule has 0 radical (unpaired) electrons. The highest BCUT2D eigenvalue weighted by molar-refractivity contribution is 7.90. The van der Waals surface area contributed by atoms with Gasteiger partial charge in [0, 0.05) is 6.26 Å². The van der Waals surface area contributed by atoms with E-state index in [1.165, 1.54) is 12.3 Å². The zero-order valence-corrected chi connectivity index (χ0v) is 10.2. The molecule has 84 valence electrons. The Morgan fingerprint density at radius 1 is 1.27 bits per heavy atom. The predicted octanol–water partition coefficient (Wildman–Crippen LogP) is 1.63. The van der Waals surface area contributed by atoms with Gasteiger partial charge in [0.2, 0.25) is 0 Å². The maximum absolute atomic E-state index is 11.3. The second kappa shape index (κ2) is 3.61. The van der Waals surface area contributed by atoms with Crippen LogP contribution in [0.3, 0.4) is 0 Å². The van der Waals surface area contributed by atoms with E-state index in [1.54, 1.807) is 32.9 Å². The van der Waals surface area contributed by atoms with Crippen molar-refractivity contribution in [2.45, 2.75) is 31.3 Å². The van der Waals surface area contributed by atoms with Crippen molar-refractivity contribution in [3.05, 3.63) is 29.3 Å². The molecule has 0 fully saturated rings. The molecule has 0 atom stereocenters. The van der Waals surface area contributed by atoms with Gasteiger partial charge < -0.3 is 5.11 Å². The van der Waals surface area contributed by atoms with E-state index in [-0.39, 0.29) is 4.90 Å². The molecule has 0 heterocycles. The molecule has 0 saturated carbocycles. The third-order valence-electron chi connectivity index (χ3n) is 2.29. The van der Waals surface area contributed by atoms with Crippen LogP contribution in [-0.4, -0.2) is 19.8 Å². The fourth-order valence-electron chi connectivity index (χ4n) is 1.55. The highest BCUT2D eigenvalue weighted by Gasteiger charge is 2.19. The lowest BCUT2D eigenvalue weighted by Gasteiger charge is -2.20. The maximum Gasteiger partial charge on any atom is 0.175 e. The fraction of sp³-hybridized carbons (Fsp3) is 0.455. The van der Waals surface area contributed by atoms with Crippen molar-refractivity contribution in [1.29, 1.82) is 0 Å². The predicted molar refractivity (Wildman–Crippen MR) is 59.5 cm³/mol. The minimum atomic E-state index is -3.17. The summed E-state index contributed by atoms with van der Waals surface area (Å²) in [6.07, 6.45) is 1.17. The molecule has 1 N–H and O–H groups in total. The lowest BCUT2D eigenvalue weighted by atomic mass is 9.94. The van der Waals surface area contributed by atoms with E-state index in [0.29, 0.717) is 0 Å². The number of hydrogen-bond donors (Lipinski definition) is 1. The van der Waals surface area contributed by atoms with Crippen molar-refractivity contribution in [3.63, 3.8) is 0 Å². The van der Waals surface area contributed by atoms with E-state index in [9.17, 15) is 13.5 Å². The Labute approximate surface area is 90.7 Å². The zero-order chi connectivity index (χ0) is 11.9. The van der Waals surface area contributed by atoms with Gasteiger partial charge in [-0.15, -0.1) is 0 Å². The summed E-state index contributed by atoms with van der Waals surface area (Å²) >= 11 is 0. The Morgan fingerprint density at radius 2 is 1.80 bits per heavy atom. The van der Waals surface area contributed by atoms with Crippen molar-refractivity contribution in [2.24, 2.45) is 0 Å². The lowest BCUT2D eigenvalue weighted by Crippen LogP contribution is -2.17. The van der Waals surface area contributed by atoms with Crippen LogP contribution < -0.4 is 0 Å². The third-order valence-corrected chi connectivity index (χ3v) is 3.40. The van der Waals surface area contributed by atoms with Gasteiger partial charge in [-0.1, -0.05) is 6.07 Å². The fourth-order valence-corrected chi connectivity index (χ4v) is 2.26. The first-order chi connectivity index (χ1) is 6.62. The van der Waals surface area contributed by atoms with Gasteiger partial charge in [-0.25, -0.2) is 8.42 Å². The van der Waals surface area contributed by atoms with E-state index in [0.717, 1.165) is 11.1 Å². The molecule has 0 bridgehead atoms. The van der Waals surface area contributed by atoms with Crippen LogP contribution in [0.4, 0.5) is 0 Å². The monoisotopic (exact) mass is 228 g/mol. The number of aliphatic hydroxyl groups is 1. The summed E-state index contributed by atoms with van der Waals surface area (Å²) in [6, 6.07) is 4.77. The maximum atomic E-state index is 11.3. The molecule has 3 nitrogen and oxygen atoms in total. The molecular weight excluding hydrogens is 212 g/mol. The van der Waals surface area contributed by atoms with Gasteiger partial charge in [0.15, 0.2) is 9.84 Å². The van der Waals surface area contributed by atoms with Crippen molar-refractivity contribution in [2.75, 3.05) is 6.26 Å². The number of aryl methyl sites for hydroxylation is 1. The zero-order valence-electron chi connectivity index (χ0n) is 9.40. The third kappa shape index (κ3) is 2.79.